The largest absolute Gasteiger partial charge is 0.324 e. The van der Waals surface area contributed by atoms with Crippen LogP contribution in [-0.4, -0.2) is 15.5 Å². The van der Waals surface area contributed by atoms with Gasteiger partial charge in [-0.15, -0.1) is 0 Å². The first-order chi connectivity index (χ1) is 14.0. The molecule has 0 unspecified atom stereocenters. The van der Waals surface area contributed by atoms with E-state index in [1.807, 2.05) is 18.2 Å². The molecule has 0 atom stereocenters. The number of rotatable bonds is 7. The van der Waals surface area contributed by atoms with Crippen LogP contribution in [0, 0.1) is 12.8 Å². The fourth-order valence-electron chi connectivity index (χ4n) is 3.63. The van der Waals surface area contributed by atoms with E-state index in [-0.39, 0.29) is 17.4 Å². The van der Waals surface area contributed by atoms with Gasteiger partial charge in [0.15, 0.2) is 0 Å². The molecule has 0 aliphatic carbocycles. The highest BCUT2D eigenvalue weighted by Gasteiger charge is 2.18. The van der Waals surface area contributed by atoms with Gasteiger partial charge in [-0.05, 0) is 50.1 Å². The molecule has 2 aromatic carbocycles. The number of fused-ring (bicyclic) bond motifs is 1. The zero-order chi connectivity index (χ0) is 21.0. The lowest BCUT2D eigenvalue weighted by Gasteiger charge is -2.17. The Labute approximate surface area is 175 Å². The zero-order valence-corrected chi connectivity index (χ0v) is 17.8. The van der Waals surface area contributed by atoms with Crippen molar-refractivity contribution in [2.45, 2.75) is 46.5 Å². The SMILES string of the molecule is CCCC(CCC)C(=O)Nc1cc(-n2c(C)nc3ccccc3c2=O)ccc1Cl. The molecule has 29 heavy (non-hydrogen) atoms. The monoisotopic (exact) mass is 411 g/mol. The molecule has 1 heterocycles. The molecule has 0 radical (unpaired) electrons. The number of benzene rings is 2. The third-order valence-electron chi connectivity index (χ3n) is 5.05. The van der Waals surface area contributed by atoms with Crippen LogP contribution in [-0.2, 0) is 4.79 Å². The number of aromatic nitrogens is 2. The van der Waals surface area contributed by atoms with E-state index in [0.717, 1.165) is 25.7 Å². The Morgan fingerprint density at radius 2 is 1.83 bits per heavy atom. The summed E-state index contributed by atoms with van der Waals surface area (Å²) in [6, 6.07) is 12.5. The summed E-state index contributed by atoms with van der Waals surface area (Å²) in [5.41, 5.74) is 1.64. The number of anilines is 1. The van der Waals surface area contributed by atoms with Crippen LogP contribution in [0.2, 0.25) is 5.02 Å². The molecular formula is C23H26ClN3O2. The highest BCUT2D eigenvalue weighted by atomic mass is 35.5. The number of aryl methyl sites for hydroxylation is 1. The summed E-state index contributed by atoms with van der Waals surface area (Å²) in [7, 11) is 0. The highest BCUT2D eigenvalue weighted by molar-refractivity contribution is 6.33. The van der Waals surface area contributed by atoms with Gasteiger partial charge >= 0.3 is 0 Å². The van der Waals surface area contributed by atoms with Gasteiger partial charge in [0.1, 0.15) is 5.82 Å². The van der Waals surface area contributed by atoms with E-state index in [1.54, 1.807) is 35.8 Å². The predicted octanol–water partition coefficient (Wildman–Crippen LogP) is 5.50. The molecule has 1 N–H and O–H groups in total. The summed E-state index contributed by atoms with van der Waals surface area (Å²) in [6.45, 7) is 5.94. The lowest BCUT2D eigenvalue weighted by atomic mass is 9.97. The van der Waals surface area contributed by atoms with E-state index in [9.17, 15) is 9.59 Å². The van der Waals surface area contributed by atoms with Crippen LogP contribution >= 0.6 is 11.6 Å². The Hall–Kier alpha value is -2.66. The summed E-state index contributed by atoms with van der Waals surface area (Å²) in [5, 5.41) is 3.94. The van der Waals surface area contributed by atoms with Gasteiger partial charge in [0.2, 0.25) is 5.91 Å². The number of nitrogens with one attached hydrogen (secondary N) is 1. The molecule has 6 heteroatoms. The van der Waals surface area contributed by atoms with Crippen molar-refractivity contribution in [2.75, 3.05) is 5.32 Å². The molecule has 3 rings (SSSR count). The molecule has 0 saturated carbocycles. The number of carbonyl (C=O) groups is 1. The highest BCUT2D eigenvalue weighted by Crippen LogP contribution is 2.27. The van der Waals surface area contributed by atoms with Crippen LogP contribution in [0.4, 0.5) is 5.69 Å². The van der Waals surface area contributed by atoms with Gasteiger partial charge in [-0.2, -0.15) is 0 Å². The molecule has 1 aromatic heterocycles. The molecule has 1 amide bonds. The lowest BCUT2D eigenvalue weighted by Crippen LogP contribution is -2.24. The second kappa shape index (κ2) is 9.23. The molecule has 5 nitrogen and oxygen atoms in total. The number of carbonyl (C=O) groups excluding carboxylic acids is 1. The third-order valence-corrected chi connectivity index (χ3v) is 5.38. The minimum atomic E-state index is -0.150. The number of halogens is 1. The fraction of sp³-hybridized carbons (Fsp3) is 0.348. The predicted molar refractivity (Wildman–Crippen MR) is 119 cm³/mol. The number of hydrogen-bond donors (Lipinski definition) is 1. The molecular weight excluding hydrogens is 386 g/mol. The van der Waals surface area contributed by atoms with E-state index in [2.05, 4.69) is 24.1 Å². The van der Waals surface area contributed by atoms with Crippen molar-refractivity contribution in [3.63, 3.8) is 0 Å². The summed E-state index contributed by atoms with van der Waals surface area (Å²) in [4.78, 5) is 30.3. The third kappa shape index (κ3) is 4.51. The van der Waals surface area contributed by atoms with Crippen LogP contribution in [0.1, 0.15) is 45.4 Å². The Kier molecular flexibility index (Phi) is 6.70. The number of nitrogens with zero attached hydrogens (tertiary/aromatic N) is 2. The van der Waals surface area contributed by atoms with Gasteiger partial charge in [0, 0.05) is 5.92 Å². The van der Waals surface area contributed by atoms with Crippen molar-refractivity contribution in [2.24, 2.45) is 5.92 Å². The number of hydrogen-bond acceptors (Lipinski definition) is 3. The molecule has 0 aliphatic rings. The van der Waals surface area contributed by atoms with Gasteiger partial charge in [0.05, 0.1) is 27.3 Å². The average molecular weight is 412 g/mol. The molecule has 3 aromatic rings. The second-order valence-corrected chi connectivity index (χ2v) is 7.65. The smallest absolute Gasteiger partial charge is 0.265 e. The van der Waals surface area contributed by atoms with E-state index in [4.69, 9.17) is 11.6 Å². The minimum Gasteiger partial charge on any atom is -0.324 e. The summed E-state index contributed by atoms with van der Waals surface area (Å²) < 4.78 is 1.55. The molecule has 0 bridgehead atoms. The molecule has 0 spiro atoms. The van der Waals surface area contributed by atoms with Gasteiger partial charge in [-0.1, -0.05) is 50.4 Å². The van der Waals surface area contributed by atoms with Crippen molar-refractivity contribution in [1.29, 1.82) is 0 Å². The van der Waals surface area contributed by atoms with E-state index in [1.165, 1.54) is 0 Å². The Balaban J connectivity index is 2.01. The van der Waals surface area contributed by atoms with Gasteiger partial charge in [-0.25, -0.2) is 4.98 Å². The minimum absolute atomic E-state index is 0.0338. The van der Waals surface area contributed by atoms with E-state index in [0.29, 0.717) is 33.1 Å². The fourth-order valence-corrected chi connectivity index (χ4v) is 3.80. The molecule has 152 valence electrons. The maximum Gasteiger partial charge on any atom is 0.265 e. The first kappa shape index (κ1) is 21.1. The van der Waals surface area contributed by atoms with Gasteiger partial charge in [-0.3, -0.25) is 14.2 Å². The Morgan fingerprint density at radius 3 is 2.52 bits per heavy atom. The summed E-state index contributed by atoms with van der Waals surface area (Å²) >= 11 is 6.34. The van der Waals surface area contributed by atoms with Crippen molar-refractivity contribution in [3.8, 4) is 5.69 Å². The number of para-hydroxylation sites is 1. The lowest BCUT2D eigenvalue weighted by molar-refractivity contribution is -0.120. The zero-order valence-electron chi connectivity index (χ0n) is 17.0. The molecule has 0 saturated heterocycles. The Morgan fingerprint density at radius 1 is 1.14 bits per heavy atom. The maximum atomic E-state index is 13.0. The van der Waals surface area contributed by atoms with Gasteiger partial charge < -0.3 is 5.32 Å². The van der Waals surface area contributed by atoms with Crippen molar-refractivity contribution < 1.29 is 4.79 Å². The van der Waals surface area contributed by atoms with Crippen molar-refractivity contribution in [3.05, 3.63) is 63.7 Å². The van der Waals surface area contributed by atoms with E-state index < -0.39 is 0 Å². The summed E-state index contributed by atoms with van der Waals surface area (Å²) in [5.74, 6) is 0.494. The van der Waals surface area contributed by atoms with Crippen LogP contribution in [0.3, 0.4) is 0 Å². The topological polar surface area (TPSA) is 64.0 Å². The first-order valence-electron chi connectivity index (χ1n) is 10.1. The van der Waals surface area contributed by atoms with Crippen LogP contribution in [0.25, 0.3) is 16.6 Å². The standard InChI is InChI=1S/C23H26ClN3O2/c1-4-8-16(9-5-2)22(28)26-21-14-17(12-13-19(21)24)27-15(3)25-20-11-7-6-10-18(20)23(27)29/h6-7,10-14,16H,4-5,8-9H2,1-3H3,(H,26,28). The van der Waals surface area contributed by atoms with Crippen LogP contribution in [0.15, 0.2) is 47.3 Å². The van der Waals surface area contributed by atoms with Crippen molar-refractivity contribution in [1.82, 2.24) is 9.55 Å². The quantitative estimate of drug-likeness (QED) is 0.558. The number of amides is 1. The first-order valence-corrected chi connectivity index (χ1v) is 10.4. The van der Waals surface area contributed by atoms with E-state index >= 15 is 0 Å². The Bertz CT molecular complexity index is 1090. The van der Waals surface area contributed by atoms with Crippen molar-refractivity contribution >= 4 is 34.1 Å². The second-order valence-electron chi connectivity index (χ2n) is 7.24. The molecule has 0 fully saturated rings. The van der Waals surface area contributed by atoms with Crippen LogP contribution < -0.4 is 10.9 Å². The van der Waals surface area contributed by atoms with Crippen LogP contribution in [0.5, 0.6) is 0 Å². The van der Waals surface area contributed by atoms with Gasteiger partial charge in [0.25, 0.3) is 5.56 Å². The normalized spacial score (nSPS) is 11.2. The summed E-state index contributed by atoms with van der Waals surface area (Å²) in [6.07, 6.45) is 3.57. The average Bonchev–Trinajstić information content (AvgIpc) is 2.70. The maximum absolute atomic E-state index is 13.0. The molecule has 0 aliphatic heterocycles.